The Hall–Kier alpha value is -0.560. The van der Waals surface area contributed by atoms with Crippen LogP contribution in [0.25, 0.3) is 0 Å². The van der Waals surface area contributed by atoms with Gasteiger partial charge in [0.1, 0.15) is 0 Å². The van der Waals surface area contributed by atoms with Crippen molar-refractivity contribution in [2.45, 2.75) is 30.8 Å². The Kier molecular flexibility index (Phi) is 6.85. The van der Waals surface area contributed by atoms with E-state index in [-0.39, 0.29) is 4.90 Å². The first kappa shape index (κ1) is 16.5. The summed E-state index contributed by atoms with van der Waals surface area (Å²) in [4.78, 5) is 0.204. The molecule has 1 aromatic carbocycles. The van der Waals surface area contributed by atoms with Crippen LogP contribution in [0.1, 0.15) is 31.4 Å². The number of thioether (sulfide) groups is 1. The molecular weight excluding hydrogens is 282 g/mol. The van der Waals surface area contributed by atoms with Gasteiger partial charge < -0.3 is 5.11 Å². The highest BCUT2D eigenvalue weighted by molar-refractivity contribution is 7.98. The maximum Gasteiger partial charge on any atom is 0.240 e. The first-order valence-corrected chi connectivity index (χ1v) is 9.11. The topological polar surface area (TPSA) is 66.4 Å². The second-order valence-electron chi connectivity index (χ2n) is 4.35. The fraction of sp³-hybridized carbons (Fsp3) is 0.538. The van der Waals surface area contributed by atoms with Crippen LogP contribution in [-0.2, 0) is 10.0 Å². The molecule has 4 nitrogen and oxygen atoms in total. The van der Waals surface area contributed by atoms with Crippen LogP contribution in [0.3, 0.4) is 0 Å². The number of unbranched alkanes of at least 4 members (excludes halogenated alkanes) is 1. The molecule has 19 heavy (non-hydrogen) atoms. The zero-order valence-corrected chi connectivity index (χ0v) is 12.9. The Bertz CT molecular complexity index is 486. The third-order valence-electron chi connectivity index (χ3n) is 2.72. The number of hydrogen-bond acceptors (Lipinski definition) is 4. The van der Waals surface area contributed by atoms with E-state index >= 15 is 0 Å². The van der Waals surface area contributed by atoms with E-state index in [2.05, 4.69) is 4.72 Å². The lowest BCUT2D eigenvalue weighted by atomic mass is 10.1. The molecule has 0 aliphatic rings. The number of aliphatic hydroxyl groups excluding tert-OH is 1. The molecule has 1 rings (SSSR count). The maximum atomic E-state index is 12.0. The molecule has 0 radical (unpaired) electrons. The van der Waals surface area contributed by atoms with Crippen molar-refractivity contribution in [1.82, 2.24) is 4.72 Å². The van der Waals surface area contributed by atoms with E-state index in [0.29, 0.717) is 12.1 Å². The number of rotatable bonds is 8. The van der Waals surface area contributed by atoms with E-state index in [9.17, 15) is 13.5 Å². The average molecular weight is 303 g/mol. The van der Waals surface area contributed by atoms with Gasteiger partial charge in [-0.25, -0.2) is 13.1 Å². The van der Waals surface area contributed by atoms with Crippen LogP contribution in [0.15, 0.2) is 29.2 Å². The summed E-state index contributed by atoms with van der Waals surface area (Å²) in [7, 11) is -3.47. The fourth-order valence-electron chi connectivity index (χ4n) is 1.60. The normalized spacial score (nSPS) is 13.4. The smallest absolute Gasteiger partial charge is 0.240 e. The number of sulfonamides is 1. The zero-order valence-electron chi connectivity index (χ0n) is 11.3. The number of hydrogen-bond donors (Lipinski definition) is 2. The molecule has 0 heterocycles. The molecule has 0 fully saturated rings. The number of benzene rings is 1. The van der Waals surface area contributed by atoms with Crippen molar-refractivity contribution in [3.63, 3.8) is 0 Å². The third kappa shape index (κ3) is 5.52. The second kappa shape index (κ2) is 7.89. The van der Waals surface area contributed by atoms with Crippen molar-refractivity contribution < 1.29 is 13.5 Å². The van der Waals surface area contributed by atoms with Gasteiger partial charge in [0.15, 0.2) is 0 Å². The highest BCUT2D eigenvalue weighted by Crippen LogP contribution is 2.17. The lowest BCUT2D eigenvalue weighted by Crippen LogP contribution is -2.25. The first-order chi connectivity index (χ1) is 8.97. The van der Waals surface area contributed by atoms with Gasteiger partial charge in [0.25, 0.3) is 0 Å². The van der Waals surface area contributed by atoms with Crippen LogP contribution in [0, 0.1) is 0 Å². The molecule has 0 aromatic heterocycles. The second-order valence-corrected chi connectivity index (χ2v) is 7.10. The Morgan fingerprint density at radius 1 is 1.37 bits per heavy atom. The molecule has 1 aromatic rings. The summed E-state index contributed by atoms with van der Waals surface area (Å²) >= 11 is 1.76. The lowest BCUT2D eigenvalue weighted by molar-refractivity contribution is 0.199. The van der Waals surface area contributed by atoms with Crippen LogP contribution in [0.4, 0.5) is 0 Å². The van der Waals surface area contributed by atoms with Crippen LogP contribution in [0.2, 0.25) is 0 Å². The number of nitrogens with one attached hydrogen (secondary N) is 1. The molecule has 0 spiro atoms. The predicted molar refractivity (Wildman–Crippen MR) is 79.9 cm³/mol. The summed E-state index contributed by atoms with van der Waals surface area (Å²) in [6, 6.07) is 6.40. The van der Waals surface area contributed by atoms with Crippen molar-refractivity contribution >= 4 is 21.8 Å². The summed E-state index contributed by atoms with van der Waals surface area (Å²) in [5.41, 5.74) is 0.602. The van der Waals surface area contributed by atoms with E-state index in [1.165, 1.54) is 12.1 Å². The Labute approximate surface area is 119 Å². The highest BCUT2D eigenvalue weighted by Gasteiger charge is 2.14. The molecule has 108 valence electrons. The monoisotopic (exact) mass is 303 g/mol. The van der Waals surface area contributed by atoms with Crippen LogP contribution in [0.5, 0.6) is 0 Å². The maximum absolute atomic E-state index is 12.0. The van der Waals surface area contributed by atoms with Crippen molar-refractivity contribution in [3.05, 3.63) is 29.8 Å². The van der Waals surface area contributed by atoms with Gasteiger partial charge in [0.2, 0.25) is 10.0 Å². The average Bonchev–Trinajstić information content (AvgIpc) is 2.38. The Balaban J connectivity index is 2.64. The van der Waals surface area contributed by atoms with Crippen LogP contribution >= 0.6 is 11.8 Å². The van der Waals surface area contributed by atoms with E-state index in [4.69, 9.17) is 0 Å². The van der Waals surface area contributed by atoms with Gasteiger partial charge in [-0.05, 0) is 49.5 Å². The molecule has 2 N–H and O–H groups in total. The molecular formula is C13H21NO3S2. The largest absolute Gasteiger partial charge is 0.389 e. The summed E-state index contributed by atoms with van der Waals surface area (Å²) < 4.78 is 26.7. The van der Waals surface area contributed by atoms with Crippen LogP contribution < -0.4 is 4.72 Å². The predicted octanol–water partition coefficient (Wildman–Crippen LogP) is 2.16. The summed E-state index contributed by atoms with van der Waals surface area (Å²) in [6.45, 7) is 2.06. The summed E-state index contributed by atoms with van der Waals surface area (Å²) in [5, 5.41) is 9.47. The lowest BCUT2D eigenvalue weighted by Gasteiger charge is -2.09. The van der Waals surface area contributed by atoms with Crippen molar-refractivity contribution in [2.24, 2.45) is 0 Å². The van der Waals surface area contributed by atoms with E-state index in [0.717, 1.165) is 18.6 Å². The van der Waals surface area contributed by atoms with Gasteiger partial charge in [-0.3, -0.25) is 0 Å². The van der Waals surface area contributed by atoms with Crippen molar-refractivity contribution in [3.8, 4) is 0 Å². The molecule has 0 aliphatic carbocycles. The molecule has 0 amide bonds. The van der Waals surface area contributed by atoms with Crippen molar-refractivity contribution in [2.75, 3.05) is 18.6 Å². The molecule has 0 bridgehead atoms. The zero-order chi connectivity index (χ0) is 14.3. The Morgan fingerprint density at radius 2 is 2.11 bits per heavy atom. The summed E-state index contributed by atoms with van der Waals surface area (Å²) in [6.07, 6.45) is 3.19. The molecule has 1 atom stereocenters. The molecule has 6 heteroatoms. The van der Waals surface area contributed by atoms with E-state index < -0.39 is 16.1 Å². The van der Waals surface area contributed by atoms with Gasteiger partial charge in [0.05, 0.1) is 11.0 Å². The molecule has 1 unspecified atom stereocenters. The van der Waals surface area contributed by atoms with Gasteiger partial charge in [-0.2, -0.15) is 11.8 Å². The van der Waals surface area contributed by atoms with E-state index in [1.807, 2.05) is 6.26 Å². The molecule has 0 saturated heterocycles. The van der Waals surface area contributed by atoms with Gasteiger partial charge >= 0.3 is 0 Å². The minimum absolute atomic E-state index is 0.204. The fourth-order valence-corrected chi connectivity index (χ4v) is 3.22. The van der Waals surface area contributed by atoms with Crippen molar-refractivity contribution in [1.29, 1.82) is 0 Å². The number of aliphatic hydroxyl groups is 1. The SMILES string of the molecule is CSCCCCNS(=O)(=O)c1cccc(C(C)O)c1. The summed E-state index contributed by atoms with van der Waals surface area (Å²) in [5.74, 6) is 1.04. The quantitative estimate of drug-likeness (QED) is 0.722. The van der Waals surface area contributed by atoms with Gasteiger partial charge in [-0.15, -0.1) is 0 Å². The minimum atomic E-state index is -3.47. The van der Waals surface area contributed by atoms with Gasteiger partial charge in [-0.1, -0.05) is 12.1 Å². The minimum Gasteiger partial charge on any atom is -0.389 e. The van der Waals surface area contributed by atoms with E-state index in [1.54, 1.807) is 30.8 Å². The molecule has 0 aliphatic heterocycles. The highest BCUT2D eigenvalue weighted by atomic mass is 32.2. The standard InChI is InChI=1S/C13H21NO3S2/c1-11(15)12-6-5-7-13(10-12)19(16,17)14-8-3-4-9-18-2/h5-7,10-11,14-15H,3-4,8-9H2,1-2H3. The van der Waals surface area contributed by atoms with Gasteiger partial charge in [0, 0.05) is 6.54 Å². The Morgan fingerprint density at radius 3 is 2.74 bits per heavy atom. The van der Waals surface area contributed by atoms with Crippen LogP contribution in [-0.4, -0.2) is 32.1 Å². The first-order valence-electron chi connectivity index (χ1n) is 6.24. The molecule has 0 saturated carbocycles. The third-order valence-corrected chi connectivity index (χ3v) is 4.87.